The summed E-state index contributed by atoms with van der Waals surface area (Å²) in [7, 11) is 0. The van der Waals surface area contributed by atoms with Gasteiger partial charge in [-0.25, -0.2) is 4.39 Å². The van der Waals surface area contributed by atoms with Crippen molar-refractivity contribution in [2.45, 2.75) is 18.9 Å². The summed E-state index contributed by atoms with van der Waals surface area (Å²) in [4.78, 5) is 0. The van der Waals surface area contributed by atoms with E-state index in [0.29, 0.717) is 18.4 Å². The summed E-state index contributed by atoms with van der Waals surface area (Å²) in [6.45, 7) is 0. The number of rotatable bonds is 4. The van der Waals surface area contributed by atoms with Gasteiger partial charge in [0.25, 0.3) is 0 Å². The second kappa shape index (κ2) is 5.38. The number of hydrogen-bond acceptors (Lipinski definition) is 2. The van der Waals surface area contributed by atoms with Gasteiger partial charge < -0.3 is 0 Å². The highest BCUT2D eigenvalue weighted by Gasteiger charge is 2.08. The van der Waals surface area contributed by atoms with Gasteiger partial charge in [0.1, 0.15) is 5.82 Å². The zero-order chi connectivity index (χ0) is 10.4. The van der Waals surface area contributed by atoms with Crippen LogP contribution in [0.25, 0.3) is 0 Å². The fourth-order valence-electron chi connectivity index (χ4n) is 1.26. The first-order chi connectivity index (χ1) is 6.77. The highest BCUT2D eigenvalue weighted by molar-refractivity contribution is 5.18. The molecule has 1 rings (SSSR count). The SMILES string of the molecule is C#CCC(Cc1ccccc1F)NN. The monoisotopic (exact) mass is 192 g/mol. The van der Waals surface area contributed by atoms with Gasteiger partial charge in [0.05, 0.1) is 0 Å². The molecule has 0 fully saturated rings. The second-order valence-electron chi connectivity index (χ2n) is 3.07. The third-order valence-electron chi connectivity index (χ3n) is 2.02. The normalized spacial score (nSPS) is 12.1. The molecule has 3 N–H and O–H groups in total. The van der Waals surface area contributed by atoms with Gasteiger partial charge in [-0.2, -0.15) is 0 Å². The van der Waals surface area contributed by atoms with E-state index in [-0.39, 0.29) is 11.9 Å². The Bertz CT molecular complexity index is 330. The number of hydrazine groups is 1. The first kappa shape index (κ1) is 10.7. The Morgan fingerprint density at radius 2 is 2.21 bits per heavy atom. The lowest BCUT2D eigenvalue weighted by atomic mass is 10.0. The minimum Gasteiger partial charge on any atom is -0.271 e. The molecule has 0 amide bonds. The third kappa shape index (κ3) is 2.84. The van der Waals surface area contributed by atoms with E-state index in [2.05, 4.69) is 11.3 Å². The molecule has 0 spiro atoms. The quantitative estimate of drug-likeness (QED) is 0.427. The average Bonchev–Trinajstić information content (AvgIpc) is 2.20. The van der Waals surface area contributed by atoms with Crippen molar-refractivity contribution in [3.63, 3.8) is 0 Å². The molecule has 3 heteroatoms. The molecule has 1 aromatic carbocycles. The summed E-state index contributed by atoms with van der Waals surface area (Å²) in [6.07, 6.45) is 6.16. The Hall–Kier alpha value is -1.37. The Labute approximate surface area is 83.3 Å². The summed E-state index contributed by atoms with van der Waals surface area (Å²) in [5.41, 5.74) is 3.20. The smallest absolute Gasteiger partial charge is 0.126 e. The van der Waals surface area contributed by atoms with Crippen molar-refractivity contribution in [3.05, 3.63) is 35.6 Å². The van der Waals surface area contributed by atoms with Gasteiger partial charge in [0.15, 0.2) is 0 Å². The molecule has 0 aliphatic rings. The van der Waals surface area contributed by atoms with Gasteiger partial charge >= 0.3 is 0 Å². The average molecular weight is 192 g/mol. The Kier molecular flexibility index (Phi) is 4.11. The van der Waals surface area contributed by atoms with E-state index in [1.54, 1.807) is 18.2 Å². The summed E-state index contributed by atoms with van der Waals surface area (Å²) < 4.78 is 13.2. The lowest BCUT2D eigenvalue weighted by Gasteiger charge is -2.12. The predicted molar refractivity (Wildman–Crippen MR) is 54.7 cm³/mol. The molecule has 74 valence electrons. The lowest BCUT2D eigenvalue weighted by Crippen LogP contribution is -2.36. The van der Waals surface area contributed by atoms with Crippen molar-refractivity contribution in [1.82, 2.24) is 5.43 Å². The van der Waals surface area contributed by atoms with Crippen molar-refractivity contribution in [3.8, 4) is 12.3 Å². The maximum Gasteiger partial charge on any atom is 0.126 e. The Morgan fingerprint density at radius 1 is 1.50 bits per heavy atom. The van der Waals surface area contributed by atoms with Crippen molar-refractivity contribution in [2.75, 3.05) is 0 Å². The molecule has 0 aliphatic carbocycles. The molecule has 0 bridgehead atoms. The van der Waals surface area contributed by atoms with Crippen LogP contribution in [-0.4, -0.2) is 6.04 Å². The van der Waals surface area contributed by atoms with Crippen LogP contribution in [-0.2, 0) is 6.42 Å². The van der Waals surface area contributed by atoms with Crippen LogP contribution in [0.5, 0.6) is 0 Å². The molecule has 2 nitrogen and oxygen atoms in total. The van der Waals surface area contributed by atoms with E-state index in [4.69, 9.17) is 12.3 Å². The van der Waals surface area contributed by atoms with Gasteiger partial charge in [0, 0.05) is 12.5 Å². The molecule has 0 aromatic heterocycles. The van der Waals surface area contributed by atoms with E-state index < -0.39 is 0 Å². The first-order valence-electron chi connectivity index (χ1n) is 4.41. The van der Waals surface area contributed by atoms with Gasteiger partial charge in [-0.3, -0.25) is 11.3 Å². The molecular weight excluding hydrogens is 179 g/mol. The number of nitrogens with two attached hydrogens (primary N) is 1. The van der Waals surface area contributed by atoms with Crippen LogP contribution in [0.2, 0.25) is 0 Å². The van der Waals surface area contributed by atoms with E-state index in [1.165, 1.54) is 6.07 Å². The molecule has 14 heavy (non-hydrogen) atoms. The fraction of sp³-hybridized carbons (Fsp3) is 0.273. The van der Waals surface area contributed by atoms with Gasteiger partial charge in [0.2, 0.25) is 0 Å². The molecule has 1 unspecified atom stereocenters. The number of benzene rings is 1. The van der Waals surface area contributed by atoms with Crippen molar-refractivity contribution in [2.24, 2.45) is 5.84 Å². The standard InChI is InChI=1S/C11H13FN2/c1-2-5-10(14-13)8-9-6-3-4-7-11(9)12/h1,3-4,6-7,10,14H,5,8,13H2. The van der Waals surface area contributed by atoms with Crippen LogP contribution < -0.4 is 11.3 Å². The topological polar surface area (TPSA) is 38.0 Å². The van der Waals surface area contributed by atoms with Crippen LogP contribution in [0.3, 0.4) is 0 Å². The van der Waals surface area contributed by atoms with Gasteiger partial charge in [-0.05, 0) is 18.1 Å². The van der Waals surface area contributed by atoms with E-state index in [0.717, 1.165) is 0 Å². The molecular formula is C11H13FN2. The van der Waals surface area contributed by atoms with Crippen LogP contribution in [0, 0.1) is 18.2 Å². The summed E-state index contributed by atoms with van der Waals surface area (Å²) in [6, 6.07) is 6.54. The zero-order valence-electron chi connectivity index (χ0n) is 7.83. The molecule has 0 radical (unpaired) electrons. The molecule has 1 atom stereocenters. The highest BCUT2D eigenvalue weighted by Crippen LogP contribution is 2.09. The molecule has 0 saturated heterocycles. The van der Waals surface area contributed by atoms with Crippen LogP contribution in [0.4, 0.5) is 4.39 Å². The third-order valence-corrected chi connectivity index (χ3v) is 2.02. The van der Waals surface area contributed by atoms with Gasteiger partial charge in [-0.15, -0.1) is 12.3 Å². The van der Waals surface area contributed by atoms with E-state index in [9.17, 15) is 4.39 Å². The lowest BCUT2D eigenvalue weighted by molar-refractivity contribution is 0.518. The van der Waals surface area contributed by atoms with Crippen molar-refractivity contribution >= 4 is 0 Å². The summed E-state index contributed by atoms with van der Waals surface area (Å²) >= 11 is 0. The van der Waals surface area contributed by atoms with Crippen LogP contribution in [0.1, 0.15) is 12.0 Å². The summed E-state index contributed by atoms with van der Waals surface area (Å²) in [5, 5.41) is 0. The second-order valence-corrected chi connectivity index (χ2v) is 3.07. The van der Waals surface area contributed by atoms with Crippen molar-refractivity contribution in [1.29, 1.82) is 0 Å². The number of hydrogen-bond donors (Lipinski definition) is 2. The summed E-state index contributed by atoms with van der Waals surface area (Å²) in [5.74, 6) is 7.56. The number of nitrogens with one attached hydrogen (secondary N) is 1. The Morgan fingerprint density at radius 3 is 2.79 bits per heavy atom. The maximum absolute atomic E-state index is 13.2. The van der Waals surface area contributed by atoms with Crippen LogP contribution >= 0.6 is 0 Å². The predicted octanol–water partition coefficient (Wildman–Crippen LogP) is 1.22. The molecule has 1 aromatic rings. The van der Waals surface area contributed by atoms with Gasteiger partial charge in [-0.1, -0.05) is 18.2 Å². The fourth-order valence-corrected chi connectivity index (χ4v) is 1.26. The number of terminal acetylenes is 1. The van der Waals surface area contributed by atoms with E-state index in [1.807, 2.05) is 0 Å². The molecule has 0 saturated carbocycles. The molecule has 0 aliphatic heterocycles. The number of halogens is 1. The largest absolute Gasteiger partial charge is 0.271 e. The van der Waals surface area contributed by atoms with E-state index >= 15 is 0 Å². The Balaban J connectivity index is 2.68. The maximum atomic E-state index is 13.2. The van der Waals surface area contributed by atoms with Crippen LogP contribution in [0.15, 0.2) is 24.3 Å². The minimum absolute atomic E-state index is 0.0723. The minimum atomic E-state index is -0.218. The molecule has 0 heterocycles. The van der Waals surface area contributed by atoms with Crippen molar-refractivity contribution < 1.29 is 4.39 Å². The highest BCUT2D eigenvalue weighted by atomic mass is 19.1. The first-order valence-corrected chi connectivity index (χ1v) is 4.41. The zero-order valence-corrected chi connectivity index (χ0v) is 7.83.